The number of unbranched alkanes of at least 4 members (excludes halogenated alkanes) is 3. The Labute approximate surface area is 97.0 Å². The highest BCUT2D eigenvalue weighted by Crippen LogP contribution is 2.19. The monoisotopic (exact) mass is 224 g/mol. The number of rotatable bonds is 8. The zero-order valence-corrected chi connectivity index (χ0v) is 9.82. The van der Waals surface area contributed by atoms with Gasteiger partial charge in [-0.05, 0) is 31.4 Å². The van der Waals surface area contributed by atoms with Crippen LogP contribution < -0.4 is 9.47 Å². The Kier molecular flexibility index (Phi) is 6.42. The fourth-order valence-corrected chi connectivity index (χ4v) is 1.45. The first-order valence-corrected chi connectivity index (χ1v) is 5.74. The zero-order valence-electron chi connectivity index (χ0n) is 9.82. The van der Waals surface area contributed by atoms with E-state index < -0.39 is 0 Å². The number of aliphatic hydroxyl groups excluding tert-OH is 1. The van der Waals surface area contributed by atoms with E-state index in [-0.39, 0.29) is 6.61 Å². The average molecular weight is 224 g/mol. The van der Waals surface area contributed by atoms with Crippen molar-refractivity contribution >= 4 is 0 Å². The molecule has 0 radical (unpaired) electrons. The molecule has 90 valence electrons. The van der Waals surface area contributed by atoms with E-state index >= 15 is 0 Å². The van der Waals surface area contributed by atoms with E-state index in [1.807, 2.05) is 24.3 Å². The lowest BCUT2D eigenvalue weighted by molar-refractivity contribution is 0.273. The number of ether oxygens (including phenoxy) is 2. The third kappa shape index (κ3) is 5.03. The quantitative estimate of drug-likeness (QED) is 0.690. The molecule has 0 aliphatic carbocycles. The third-order valence-electron chi connectivity index (χ3n) is 2.36. The van der Waals surface area contributed by atoms with Gasteiger partial charge in [0.25, 0.3) is 0 Å². The Morgan fingerprint density at radius 2 is 1.81 bits per heavy atom. The number of benzene rings is 1. The van der Waals surface area contributed by atoms with Gasteiger partial charge in [0.1, 0.15) is 11.5 Å². The van der Waals surface area contributed by atoms with Crippen LogP contribution in [-0.4, -0.2) is 25.4 Å². The summed E-state index contributed by atoms with van der Waals surface area (Å²) in [4.78, 5) is 0. The summed E-state index contributed by atoms with van der Waals surface area (Å²) < 4.78 is 10.7. The fraction of sp³-hybridized carbons (Fsp3) is 0.538. The third-order valence-corrected chi connectivity index (χ3v) is 2.36. The summed E-state index contributed by atoms with van der Waals surface area (Å²) >= 11 is 0. The summed E-state index contributed by atoms with van der Waals surface area (Å²) in [6.45, 7) is 1.01. The Bertz CT molecular complexity index is 286. The van der Waals surface area contributed by atoms with Gasteiger partial charge in [0.15, 0.2) is 0 Å². The van der Waals surface area contributed by atoms with Gasteiger partial charge in [-0.3, -0.25) is 0 Å². The van der Waals surface area contributed by atoms with Gasteiger partial charge in [-0.15, -0.1) is 0 Å². The lowest BCUT2D eigenvalue weighted by atomic mass is 10.2. The second-order valence-electron chi connectivity index (χ2n) is 3.67. The minimum Gasteiger partial charge on any atom is -0.497 e. The number of aliphatic hydroxyl groups is 1. The predicted octanol–water partition coefficient (Wildman–Crippen LogP) is 2.63. The largest absolute Gasteiger partial charge is 0.497 e. The molecular weight excluding hydrogens is 204 g/mol. The van der Waals surface area contributed by atoms with Crippen molar-refractivity contribution in [3.8, 4) is 11.5 Å². The highest BCUT2D eigenvalue weighted by atomic mass is 16.5. The van der Waals surface area contributed by atoms with Gasteiger partial charge in [-0.1, -0.05) is 12.5 Å². The van der Waals surface area contributed by atoms with Crippen molar-refractivity contribution in [3.63, 3.8) is 0 Å². The first-order chi connectivity index (χ1) is 7.86. The first-order valence-electron chi connectivity index (χ1n) is 5.74. The Morgan fingerprint density at radius 1 is 1.06 bits per heavy atom. The molecule has 1 aromatic rings. The van der Waals surface area contributed by atoms with Crippen LogP contribution in [0.3, 0.4) is 0 Å². The Hall–Kier alpha value is -1.22. The number of hydrogen-bond acceptors (Lipinski definition) is 3. The maximum Gasteiger partial charge on any atom is 0.122 e. The molecule has 1 rings (SSSR count). The smallest absolute Gasteiger partial charge is 0.122 e. The molecule has 0 aliphatic rings. The standard InChI is InChI=1S/C13H20O3/c1-15-12-7-6-8-13(11-12)16-10-5-3-2-4-9-14/h6-8,11,14H,2-5,9-10H2,1H3. The molecule has 1 N–H and O–H groups in total. The second-order valence-corrected chi connectivity index (χ2v) is 3.67. The molecule has 0 spiro atoms. The van der Waals surface area contributed by atoms with E-state index in [2.05, 4.69) is 0 Å². The van der Waals surface area contributed by atoms with Crippen molar-refractivity contribution in [2.45, 2.75) is 25.7 Å². The normalized spacial score (nSPS) is 10.1. The van der Waals surface area contributed by atoms with Gasteiger partial charge in [0, 0.05) is 12.7 Å². The Balaban J connectivity index is 2.16. The maximum atomic E-state index is 8.61. The Morgan fingerprint density at radius 3 is 2.56 bits per heavy atom. The van der Waals surface area contributed by atoms with Gasteiger partial charge in [0.05, 0.1) is 13.7 Å². The van der Waals surface area contributed by atoms with Crippen LogP contribution in [-0.2, 0) is 0 Å². The van der Waals surface area contributed by atoms with E-state index in [9.17, 15) is 0 Å². The van der Waals surface area contributed by atoms with Gasteiger partial charge in [-0.25, -0.2) is 0 Å². The van der Waals surface area contributed by atoms with Gasteiger partial charge in [0.2, 0.25) is 0 Å². The molecule has 0 fully saturated rings. The van der Waals surface area contributed by atoms with Crippen LogP contribution in [0.5, 0.6) is 11.5 Å². The average Bonchev–Trinajstić information content (AvgIpc) is 2.34. The molecule has 1 aromatic carbocycles. The molecule has 0 aliphatic heterocycles. The minimum absolute atomic E-state index is 0.288. The SMILES string of the molecule is COc1cccc(OCCCCCCO)c1. The minimum atomic E-state index is 0.288. The topological polar surface area (TPSA) is 38.7 Å². The molecule has 0 heterocycles. The molecule has 16 heavy (non-hydrogen) atoms. The second kappa shape index (κ2) is 7.99. The highest BCUT2D eigenvalue weighted by molar-refractivity contribution is 5.32. The van der Waals surface area contributed by atoms with E-state index in [1.54, 1.807) is 7.11 Å². The lowest BCUT2D eigenvalue weighted by Gasteiger charge is -2.07. The molecule has 0 amide bonds. The number of methoxy groups -OCH3 is 1. The maximum absolute atomic E-state index is 8.61. The van der Waals surface area contributed by atoms with Gasteiger partial charge < -0.3 is 14.6 Å². The van der Waals surface area contributed by atoms with Crippen LogP contribution >= 0.6 is 0 Å². The van der Waals surface area contributed by atoms with Crippen LogP contribution in [0.4, 0.5) is 0 Å². The number of hydrogen-bond donors (Lipinski definition) is 1. The van der Waals surface area contributed by atoms with E-state index in [0.29, 0.717) is 0 Å². The van der Waals surface area contributed by atoms with Gasteiger partial charge in [-0.2, -0.15) is 0 Å². The summed E-state index contributed by atoms with van der Waals surface area (Å²) in [5, 5.41) is 8.61. The van der Waals surface area contributed by atoms with Crippen molar-refractivity contribution in [2.24, 2.45) is 0 Å². The van der Waals surface area contributed by atoms with Crippen LogP contribution in [0.25, 0.3) is 0 Å². The van der Waals surface area contributed by atoms with E-state index in [4.69, 9.17) is 14.6 Å². The summed E-state index contributed by atoms with van der Waals surface area (Å²) in [5.74, 6) is 1.67. The van der Waals surface area contributed by atoms with Crippen molar-refractivity contribution in [1.29, 1.82) is 0 Å². The molecule has 3 heteroatoms. The molecule has 0 saturated heterocycles. The summed E-state index contributed by atoms with van der Waals surface area (Å²) in [5.41, 5.74) is 0. The van der Waals surface area contributed by atoms with Crippen LogP contribution in [0, 0.1) is 0 Å². The van der Waals surface area contributed by atoms with Crippen LogP contribution in [0.15, 0.2) is 24.3 Å². The van der Waals surface area contributed by atoms with Crippen LogP contribution in [0.1, 0.15) is 25.7 Å². The van der Waals surface area contributed by atoms with E-state index in [0.717, 1.165) is 43.8 Å². The molecule has 0 unspecified atom stereocenters. The summed E-state index contributed by atoms with van der Waals surface area (Å²) in [7, 11) is 1.65. The molecular formula is C13H20O3. The summed E-state index contributed by atoms with van der Waals surface area (Å²) in [6.07, 6.45) is 4.08. The molecule has 3 nitrogen and oxygen atoms in total. The molecule has 0 atom stereocenters. The predicted molar refractivity (Wildman–Crippen MR) is 64.0 cm³/mol. The summed E-state index contributed by atoms with van der Waals surface area (Å²) in [6, 6.07) is 7.62. The van der Waals surface area contributed by atoms with Crippen molar-refractivity contribution < 1.29 is 14.6 Å². The van der Waals surface area contributed by atoms with Crippen molar-refractivity contribution in [1.82, 2.24) is 0 Å². The molecule has 0 bridgehead atoms. The highest BCUT2D eigenvalue weighted by Gasteiger charge is 1.96. The molecule has 0 aromatic heterocycles. The lowest BCUT2D eigenvalue weighted by Crippen LogP contribution is -1.97. The van der Waals surface area contributed by atoms with Crippen molar-refractivity contribution in [3.05, 3.63) is 24.3 Å². The molecule has 0 saturated carbocycles. The van der Waals surface area contributed by atoms with Crippen LogP contribution in [0.2, 0.25) is 0 Å². The first kappa shape index (κ1) is 12.8. The van der Waals surface area contributed by atoms with Crippen molar-refractivity contribution in [2.75, 3.05) is 20.3 Å². The van der Waals surface area contributed by atoms with E-state index in [1.165, 1.54) is 0 Å². The zero-order chi connectivity index (χ0) is 11.6. The fourth-order valence-electron chi connectivity index (χ4n) is 1.45. The van der Waals surface area contributed by atoms with Gasteiger partial charge >= 0.3 is 0 Å².